The molecule has 1 saturated heterocycles. The standard InChI is InChI=1S/C23H20FN5O3/c1-28(20-10-32-21-4-12(2-3-14(20)21)13-8-31-9-13)23(30)15-5-18-17(6-16(15)24)27-22(25)19-7-26-11-29(18)19/h2-7,11,13,20H,8-10H2,1H3,(H2,25,27)/t20-/m1/s1. The second-order valence-corrected chi connectivity index (χ2v) is 8.24. The smallest absolute Gasteiger partial charge is 0.257 e. The van der Waals surface area contributed by atoms with Gasteiger partial charge < -0.3 is 20.1 Å². The predicted molar refractivity (Wildman–Crippen MR) is 115 cm³/mol. The molecule has 0 aliphatic carbocycles. The number of aromatic nitrogens is 3. The molecule has 0 radical (unpaired) electrons. The van der Waals surface area contributed by atoms with Crippen molar-refractivity contribution in [2.75, 3.05) is 32.6 Å². The summed E-state index contributed by atoms with van der Waals surface area (Å²) in [6.07, 6.45) is 3.15. The Morgan fingerprint density at radius 1 is 1.22 bits per heavy atom. The van der Waals surface area contributed by atoms with E-state index in [1.165, 1.54) is 22.6 Å². The molecule has 32 heavy (non-hydrogen) atoms. The number of rotatable bonds is 3. The number of anilines is 1. The van der Waals surface area contributed by atoms with E-state index in [-0.39, 0.29) is 17.4 Å². The highest BCUT2D eigenvalue weighted by molar-refractivity contribution is 5.98. The molecule has 9 heteroatoms. The van der Waals surface area contributed by atoms with Crippen LogP contribution in [0.3, 0.4) is 0 Å². The Morgan fingerprint density at radius 3 is 2.84 bits per heavy atom. The lowest BCUT2D eigenvalue weighted by Gasteiger charge is -2.27. The average molecular weight is 433 g/mol. The highest BCUT2D eigenvalue weighted by Gasteiger charge is 2.33. The van der Waals surface area contributed by atoms with Crippen molar-refractivity contribution in [1.29, 1.82) is 0 Å². The monoisotopic (exact) mass is 433 g/mol. The summed E-state index contributed by atoms with van der Waals surface area (Å²) in [7, 11) is 1.66. The van der Waals surface area contributed by atoms with Crippen LogP contribution in [0.2, 0.25) is 0 Å². The van der Waals surface area contributed by atoms with Gasteiger partial charge in [-0.2, -0.15) is 0 Å². The fraction of sp³-hybridized carbons (Fsp3) is 0.261. The molecule has 2 aromatic carbocycles. The molecule has 1 fully saturated rings. The van der Waals surface area contributed by atoms with Crippen LogP contribution in [0.15, 0.2) is 42.9 Å². The highest BCUT2D eigenvalue weighted by atomic mass is 19.1. The van der Waals surface area contributed by atoms with Gasteiger partial charge >= 0.3 is 0 Å². The number of benzene rings is 2. The minimum Gasteiger partial charge on any atom is -0.491 e. The lowest BCUT2D eigenvalue weighted by Crippen LogP contribution is -2.32. The van der Waals surface area contributed by atoms with Crippen LogP contribution in [0, 0.1) is 5.82 Å². The van der Waals surface area contributed by atoms with Gasteiger partial charge in [0.05, 0.1) is 48.4 Å². The molecule has 4 heterocycles. The summed E-state index contributed by atoms with van der Waals surface area (Å²) in [4.78, 5) is 23.2. The number of likely N-dealkylation sites (N-methyl/N-ethyl adjacent to an activating group) is 1. The lowest BCUT2D eigenvalue weighted by atomic mass is 9.95. The van der Waals surface area contributed by atoms with E-state index in [0.29, 0.717) is 42.3 Å². The number of nitrogens with two attached hydrogens (primary N) is 1. The first-order valence-corrected chi connectivity index (χ1v) is 10.3. The topological polar surface area (TPSA) is 95.0 Å². The van der Waals surface area contributed by atoms with Gasteiger partial charge in [0.15, 0.2) is 0 Å². The highest BCUT2D eigenvalue weighted by Crippen LogP contribution is 2.39. The van der Waals surface area contributed by atoms with Gasteiger partial charge in [0.25, 0.3) is 5.91 Å². The molecule has 1 amide bonds. The zero-order valence-corrected chi connectivity index (χ0v) is 17.3. The second-order valence-electron chi connectivity index (χ2n) is 8.24. The van der Waals surface area contributed by atoms with E-state index < -0.39 is 11.7 Å². The summed E-state index contributed by atoms with van der Waals surface area (Å²) in [5, 5.41) is 0. The van der Waals surface area contributed by atoms with E-state index >= 15 is 0 Å². The van der Waals surface area contributed by atoms with Crippen LogP contribution < -0.4 is 10.5 Å². The zero-order chi connectivity index (χ0) is 22.0. The van der Waals surface area contributed by atoms with Crippen molar-refractivity contribution in [3.8, 4) is 5.75 Å². The Hall–Kier alpha value is -3.72. The molecule has 4 aromatic rings. The van der Waals surface area contributed by atoms with Gasteiger partial charge in [-0.3, -0.25) is 9.20 Å². The van der Waals surface area contributed by atoms with E-state index in [1.54, 1.807) is 24.0 Å². The van der Waals surface area contributed by atoms with Crippen molar-refractivity contribution in [1.82, 2.24) is 19.3 Å². The minimum absolute atomic E-state index is 0.0433. The number of fused-ring (bicyclic) bond motifs is 4. The van der Waals surface area contributed by atoms with Gasteiger partial charge in [-0.05, 0) is 17.7 Å². The molecule has 2 aliphatic heterocycles. The van der Waals surface area contributed by atoms with Crippen molar-refractivity contribution in [3.05, 3.63) is 65.4 Å². The molecule has 0 bridgehead atoms. The maximum absolute atomic E-state index is 15.0. The maximum Gasteiger partial charge on any atom is 0.257 e. The number of carbonyl (C=O) groups is 1. The quantitative estimate of drug-likeness (QED) is 0.534. The van der Waals surface area contributed by atoms with E-state index in [0.717, 1.165) is 11.3 Å². The number of amides is 1. The molecule has 2 N–H and O–H groups in total. The Morgan fingerprint density at radius 2 is 2.06 bits per heavy atom. The van der Waals surface area contributed by atoms with Gasteiger partial charge in [0.2, 0.25) is 0 Å². The number of hydrogen-bond donors (Lipinski definition) is 1. The van der Waals surface area contributed by atoms with Gasteiger partial charge in [-0.15, -0.1) is 0 Å². The normalized spacial score (nSPS) is 17.9. The largest absolute Gasteiger partial charge is 0.491 e. The minimum atomic E-state index is -0.653. The molecule has 8 nitrogen and oxygen atoms in total. The van der Waals surface area contributed by atoms with Crippen LogP contribution in [-0.2, 0) is 4.74 Å². The SMILES string of the molecule is CN(C(=O)c1cc2c(cc1F)nc(N)c1cncn12)[C@@H]1COc2cc(C3COC3)ccc21. The van der Waals surface area contributed by atoms with E-state index in [2.05, 4.69) is 16.0 Å². The first kappa shape index (κ1) is 19.0. The molecule has 0 saturated carbocycles. The van der Waals surface area contributed by atoms with Crippen molar-refractivity contribution in [3.63, 3.8) is 0 Å². The average Bonchev–Trinajstić information content (AvgIpc) is 3.39. The molecular weight excluding hydrogens is 413 g/mol. The Labute approximate surface area is 182 Å². The molecule has 0 spiro atoms. The van der Waals surface area contributed by atoms with Crippen molar-refractivity contribution in [2.24, 2.45) is 0 Å². The molecule has 6 rings (SSSR count). The van der Waals surface area contributed by atoms with E-state index in [1.807, 2.05) is 12.1 Å². The summed E-state index contributed by atoms with van der Waals surface area (Å²) < 4.78 is 27.8. The first-order chi connectivity index (χ1) is 15.5. The fourth-order valence-electron chi connectivity index (χ4n) is 4.41. The van der Waals surface area contributed by atoms with Gasteiger partial charge in [0.1, 0.15) is 29.5 Å². The van der Waals surface area contributed by atoms with Crippen LogP contribution in [0.25, 0.3) is 16.6 Å². The second kappa shape index (κ2) is 6.89. The Balaban J connectivity index is 1.35. The molecule has 2 aliphatic rings. The predicted octanol–water partition coefficient (Wildman–Crippen LogP) is 2.92. The maximum atomic E-state index is 15.0. The molecule has 1 atom stereocenters. The molecule has 162 valence electrons. The van der Waals surface area contributed by atoms with Gasteiger partial charge in [-0.25, -0.2) is 14.4 Å². The van der Waals surface area contributed by atoms with E-state index in [9.17, 15) is 9.18 Å². The number of hydrogen-bond acceptors (Lipinski definition) is 6. The van der Waals surface area contributed by atoms with Crippen LogP contribution in [0.5, 0.6) is 5.75 Å². The Kier molecular flexibility index (Phi) is 4.09. The third-order valence-electron chi connectivity index (χ3n) is 6.39. The van der Waals surface area contributed by atoms with Crippen LogP contribution in [0.4, 0.5) is 10.2 Å². The molecule has 0 unspecified atom stereocenters. The third kappa shape index (κ3) is 2.74. The number of nitrogens with zero attached hydrogens (tertiary/aromatic N) is 4. The van der Waals surface area contributed by atoms with Crippen LogP contribution in [-0.4, -0.2) is 52.0 Å². The fourth-order valence-corrected chi connectivity index (χ4v) is 4.41. The third-order valence-corrected chi connectivity index (χ3v) is 6.39. The Bertz CT molecular complexity index is 1400. The van der Waals surface area contributed by atoms with Gasteiger partial charge in [-0.1, -0.05) is 12.1 Å². The van der Waals surface area contributed by atoms with E-state index in [4.69, 9.17) is 15.2 Å². The van der Waals surface area contributed by atoms with Crippen molar-refractivity contribution < 1.29 is 18.7 Å². The number of carbonyl (C=O) groups excluding carboxylic acids is 1. The number of halogens is 1. The van der Waals surface area contributed by atoms with Crippen molar-refractivity contribution >= 4 is 28.3 Å². The molecular formula is C23H20FN5O3. The summed E-state index contributed by atoms with van der Waals surface area (Å²) in [6, 6.07) is 8.48. The van der Waals surface area contributed by atoms with Crippen LogP contribution in [0.1, 0.15) is 33.4 Å². The van der Waals surface area contributed by atoms with Crippen molar-refractivity contribution in [2.45, 2.75) is 12.0 Å². The van der Waals surface area contributed by atoms with Gasteiger partial charge in [0, 0.05) is 24.6 Å². The summed E-state index contributed by atoms with van der Waals surface area (Å²) in [5.41, 5.74) is 9.49. The summed E-state index contributed by atoms with van der Waals surface area (Å²) >= 11 is 0. The summed E-state index contributed by atoms with van der Waals surface area (Å²) in [6.45, 7) is 1.75. The number of nitrogen functional groups attached to an aromatic ring is 1. The molecule has 2 aromatic heterocycles. The zero-order valence-electron chi connectivity index (χ0n) is 17.3. The summed E-state index contributed by atoms with van der Waals surface area (Å²) in [5.74, 6) is 0.306. The van der Waals surface area contributed by atoms with Crippen LogP contribution >= 0.6 is 0 Å². The number of ether oxygens (including phenoxy) is 2. The first-order valence-electron chi connectivity index (χ1n) is 10.3. The lowest BCUT2D eigenvalue weighted by molar-refractivity contribution is 0.00836. The number of imidazole rings is 1.